The number of rotatable bonds is 7. The van der Waals surface area contributed by atoms with Crippen molar-refractivity contribution in [3.63, 3.8) is 0 Å². The molecule has 0 radical (unpaired) electrons. The van der Waals surface area contributed by atoms with Crippen LogP contribution < -0.4 is 10.1 Å². The van der Waals surface area contributed by atoms with Crippen molar-refractivity contribution in [2.45, 2.75) is 46.6 Å². The van der Waals surface area contributed by atoms with Crippen molar-refractivity contribution in [3.05, 3.63) is 64.7 Å². The van der Waals surface area contributed by atoms with Crippen LogP contribution in [0.15, 0.2) is 42.5 Å². The van der Waals surface area contributed by atoms with Crippen LogP contribution in [0.5, 0.6) is 5.75 Å². The van der Waals surface area contributed by atoms with E-state index in [4.69, 9.17) is 4.74 Å². The van der Waals surface area contributed by atoms with Gasteiger partial charge in [0.2, 0.25) is 5.91 Å². The van der Waals surface area contributed by atoms with Crippen LogP contribution in [0.2, 0.25) is 0 Å². The van der Waals surface area contributed by atoms with Crippen molar-refractivity contribution in [2.75, 3.05) is 6.61 Å². The summed E-state index contributed by atoms with van der Waals surface area (Å²) in [4.78, 5) is 12.1. The van der Waals surface area contributed by atoms with Crippen LogP contribution in [0.4, 0.5) is 0 Å². The maximum Gasteiger partial charge on any atom is 0.220 e. The Morgan fingerprint density at radius 3 is 2.50 bits per heavy atom. The van der Waals surface area contributed by atoms with Gasteiger partial charge in [-0.1, -0.05) is 36.4 Å². The number of amides is 1. The molecular formula is C21H27NO2. The smallest absolute Gasteiger partial charge is 0.220 e. The van der Waals surface area contributed by atoms with Crippen LogP contribution in [0.1, 0.15) is 35.6 Å². The molecular weight excluding hydrogens is 298 g/mol. The molecule has 2 aromatic carbocycles. The number of aryl methyl sites for hydroxylation is 4. The van der Waals surface area contributed by atoms with E-state index in [1.165, 1.54) is 16.7 Å². The predicted octanol–water partition coefficient (Wildman–Crippen LogP) is 4.13. The minimum atomic E-state index is -0.0168. The van der Waals surface area contributed by atoms with E-state index in [0.717, 1.165) is 17.7 Å². The molecule has 0 aliphatic heterocycles. The number of carbonyl (C=O) groups excluding carboxylic acids is 1. The highest BCUT2D eigenvalue weighted by Crippen LogP contribution is 2.16. The number of para-hydroxylation sites is 1. The molecule has 1 atom stereocenters. The number of nitrogens with one attached hydrogen (secondary N) is 1. The standard InChI is InChI=1S/C21H27NO2/c1-15-9-10-19(13-17(15)3)11-12-21(23)22-18(4)14-24-20-8-6-5-7-16(20)2/h5-10,13,18H,11-12,14H2,1-4H3,(H,22,23). The van der Waals surface area contributed by atoms with Gasteiger partial charge in [0, 0.05) is 6.42 Å². The quantitative estimate of drug-likeness (QED) is 0.831. The molecule has 2 aromatic rings. The first-order valence-corrected chi connectivity index (χ1v) is 8.49. The van der Waals surface area contributed by atoms with E-state index in [9.17, 15) is 4.79 Å². The largest absolute Gasteiger partial charge is 0.491 e. The van der Waals surface area contributed by atoms with Gasteiger partial charge in [-0.2, -0.15) is 0 Å². The summed E-state index contributed by atoms with van der Waals surface area (Å²) in [5.74, 6) is 0.933. The molecule has 0 heterocycles. The van der Waals surface area contributed by atoms with E-state index in [1.807, 2.05) is 38.1 Å². The van der Waals surface area contributed by atoms with Crippen molar-refractivity contribution in [3.8, 4) is 5.75 Å². The van der Waals surface area contributed by atoms with Crippen LogP contribution in [0, 0.1) is 20.8 Å². The van der Waals surface area contributed by atoms with E-state index >= 15 is 0 Å². The van der Waals surface area contributed by atoms with E-state index in [0.29, 0.717) is 13.0 Å². The summed E-state index contributed by atoms with van der Waals surface area (Å²) in [5.41, 5.74) is 4.86. The third-order valence-electron chi connectivity index (χ3n) is 4.20. The summed E-state index contributed by atoms with van der Waals surface area (Å²) in [6.07, 6.45) is 1.26. The first-order chi connectivity index (χ1) is 11.5. The van der Waals surface area contributed by atoms with Gasteiger partial charge in [0.15, 0.2) is 0 Å². The summed E-state index contributed by atoms with van der Waals surface area (Å²) in [5, 5.41) is 3.00. The lowest BCUT2D eigenvalue weighted by Crippen LogP contribution is -2.36. The molecule has 0 aromatic heterocycles. The van der Waals surface area contributed by atoms with E-state index in [2.05, 4.69) is 37.4 Å². The summed E-state index contributed by atoms with van der Waals surface area (Å²) in [6, 6.07) is 14.3. The fourth-order valence-corrected chi connectivity index (χ4v) is 2.54. The van der Waals surface area contributed by atoms with Gasteiger partial charge in [-0.15, -0.1) is 0 Å². The second-order valence-electron chi connectivity index (χ2n) is 6.46. The lowest BCUT2D eigenvalue weighted by Gasteiger charge is -2.16. The van der Waals surface area contributed by atoms with Gasteiger partial charge in [0.25, 0.3) is 0 Å². The molecule has 0 bridgehead atoms. The Labute approximate surface area is 145 Å². The molecule has 3 heteroatoms. The van der Waals surface area contributed by atoms with Gasteiger partial charge in [-0.3, -0.25) is 4.79 Å². The number of benzene rings is 2. The molecule has 0 aliphatic carbocycles. The molecule has 1 amide bonds. The summed E-state index contributed by atoms with van der Waals surface area (Å²) in [7, 11) is 0. The highest BCUT2D eigenvalue weighted by atomic mass is 16.5. The molecule has 1 N–H and O–H groups in total. The molecule has 24 heavy (non-hydrogen) atoms. The predicted molar refractivity (Wildman–Crippen MR) is 98.5 cm³/mol. The molecule has 0 spiro atoms. The third-order valence-corrected chi connectivity index (χ3v) is 4.20. The lowest BCUT2D eigenvalue weighted by molar-refractivity contribution is -0.121. The third kappa shape index (κ3) is 5.41. The Morgan fingerprint density at radius 1 is 1.04 bits per heavy atom. The Morgan fingerprint density at radius 2 is 1.79 bits per heavy atom. The van der Waals surface area contributed by atoms with E-state index in [-0.39, 0.29) is 11.9 Å². The molecule has 1 unspecified atom stereocenters. The van der Waals surface area contributed by atoms with Crippen LogP contribution >= 0.6 is 0 Å². The fourth-order valence-electron chi connectivity index (χ4n) is 2.54. The Kier molecular flexibility index (Phi) is 6.42. The average Bonchev–Trinajstić information content (AvgIpc) is 2.55. The second kappa shape index (κ2) is 8.53. The summed E-state index contributed by atoms with van der Waals surface area (Å²) >= 11 is 0. The maximum atomic E-state index is 12.1. The lowest BCUT2D eigenvalue weighted by atomic mass is 10.0. The highest BCUT2D eigenvalue weighted by Gasteiger charge is 2.09. The number of ether oxygens (including phenoxy) is 1. The van der Waals surface area contributed by atoms with E-state index in [1.54, 1.807) is 0 Å². The normalized spacial score (nSPS) is 11.8. The molecule has 2 rings (SSSR count). The zero-order valence-corrected chi connectivity index (χ0v) is 15.1. The Balaban J connectivity index is 1.75. The van der Waals surface area contributed by atoms with Crippen LogP contribution in [0.3, 0.4) is 0 Å². The van der Waals surface area contributed by atoms with Crippen molar-refractivity contribution in [1.82, 2.24) is 5.32 Å². The summed E-state index contributed by atoms with van der Waals surface area (Å²) in [6.45, 7) is 8.65. The monoisotopic (exact) mass is 325 g/mol. The van der Waals surface area contributed by atoms with Crippen molar-refractivity contribution < 1.29 is 9.53 Å². The molecule has 128 valence electrons. The molecule has 3 nitrogen and oxygen atoms in total. The minimum absolute atomic E-state index is 0.0168. The number of hydrogen-bond donors (Lipinski definition) is 1. The van der Waals surface area contributed by atoms with Gasteiger partial charge in [-0.05, 0) is 62.4 Å². The number of hydrogen-bond acceptors (Lipinski definition) is 2. The summed E-state index contributed by atoms with van der Waals surface area (Å²) < 4.78 is 5.78. The van der Waals surface area contributed by atoms with Gasteiger partial charge in [0.1, 0.15) is 12.4 Å². The fraction of sp³-hybridized carbons (Fsp3) is 0.381. The van der Waals surface area contributed by atoms with Gasteiger partial charge < -0.3 is 10.1 Å². The van der Waals surface area contributed by atoms with Crippen LogP contribution in [-0.2, 0) is 11.2 Å². The first kappa shape index (κ1) is 18.1. The van der Waals surface area contributed by atoms with Crippen molar-refractivity contribution >= 4 is 5.91 Å². The Bertz CT molecular complexity index is 694. The van der Waals surface area contributed by atoms with E-state index < -0.39 is 0 Å². The minimum Gasteiger partial charge on any atom is -0.491 e. The van der Waals surface area contributed by atoms with Crippen molar-refractivity contribution in [2.24, 2.45) is 0 Å². The van der Waals surface area contributed by atoms with Crippen LogP contribution in [-0.4, -0.2) is 18.6 Å². The molecule has 0 saturated heterocycles. The van der Waals surface area contributed by atoms with Crippen molar-refractivity contribution in [1.29, 1.82) is 0 Å². The highest BCUT2D eigenvalue weighted by molar-refractivity contribution is 5.76. The number of carbonyl (C=O) groups is 1. The van der Waals surface area contributed by atoms with Crippen LogP contribution in [0.25, 0.3) is 0 Å². The topological polar surface area (TPSA) is 38.3 Å². The zero-order valence-electron chi connectivity index (χ0n) is 15.1. The maximum absolute atomic E-state index is 12.1. The van der Waals surface area contributed by atoms with Gasteiger partial charge in [-0.25, -0.2) is 0 Å². The molecule has 0 fully saturated rings. The molecule has 0 saturated carbocycles. The SMILES string of the molecule is Cc1ccc(CCC(=O)NC(C)COc2ccccc2C)cc1C. The van der Waals surface area contributed by atoms with Gasteiger partial charge in [0.05, 0.1) is 6.04 Å². The van der Waals surface area contributed by atoms with Gasteiger partial charge >= 0.3 is 0 Å². The zero-order chi connectivity index (χ0) is 17.5. The Hall–Kier alpha value is -2.29. The second-order valence-corrected chi connectivity index (χ2v) is 6.46. The average molecular weight is 325 g/mol. The molecule has 0 aliphatic rings. The first-order valence-electron chi connectivity index (χ1n) is 8.49.